The molecule has 1 rings (SSSR count). The maximum atomic E-state index is 12.9. The number of esters is 1. The predicted octanol–water partition coefficient (Wildman–Crippen LogP) is 1.46. The Hall–Kier alpha value is -1.63. The van der Waals surface area contributed by atoms with Crippen LogP contribution in [0.3, 0.4) is 0 Å². The third kappa shape index (κ3) is 7.32. The zero-order valence-electron chi connectivity index (χ0n) is 17.1. The molecular formula is C19H35N3O4. The van der Waals surface area contributed by atoms with Gasteiger partial charge in [0.1, 0.15) is 11.6 Å². The van der Waals surface area contributed by atoms with E-state index >= 15 is 0 Å². The average Bonchev–Trinajstić information content (AvgIpc) is 2.52. The van der Waals surface area contributed by atoms with Crippen LogP contribution >= 0.6 is 0 Å². The summed E-state index contributed by atoms with van der Waals surface area (Å²) in [6.45, 7) is 10.5. The average molecular weight is 370 g/mol. The van der Waals surface area contributed by atoms with Crippen molar-refractivity contribution in [3.05, 3.63) is 0 Å². The van der Waals surface area contributed by atoms with Crippen LogP contribution in [-0.2, 0) is 19.1 Å². The lowest BCUT2D eigenvalue weighted by molar-refractivity contribution is -0.157. The van der Waals surface area contributed by atoms with Crippen molar-refractivity contribution in [2.45, 2.75) is 78.0 Å². The maximum Gasteiger partial charge on any atom is 0.308 e. The summed E-state index contributed by atoms with van der Waals surface area (Å²) in [5.41, 5.74) is -0.634. The number of ether oxygens (including phenoxy) is 1. The fraction of sp³-hybridized carbons (Fsp3) is 0.842. The highest BCUT2D eigenvalue weighted by Gasteiger charge is 2.32. The summed E-state index contributed by atoms with van der Waals surface area (Å²) in [5.74, 6) is -0.907. The van der Waals surface area contributed by atoms with Gasteiger partial charge < -0.3 is 20.3 Å². The van der Waals surface area contributed by atoms with Gasteiger partial charge in [-0.3, -0.25) is 14.4 Å². The van der Waals surface area contributed by atoms with E-state index in [-0.39, 0.29) is 24.2 Å². The fourth-order valence-electron chi connectivity index (χ4n) is 3.11. The summed E-state index contributed by atoms with van der Waals surface area (Å²) in [5, 5.41) is 5.73. The minimum absolute atomic E-state index is 0.0623. The molecule has 0 spiro atoms. The standard InChI is InChI=1S/C19H35N3O4/c1-13(2)16(20-6)17(24)21-14(12-15(23)26-19(3,4)5)18(25)22-10-8-7-9-11-22/h13-14,16,20H,7-12H2,1-6H3,(H,21,24)/t14-,16-/m0/s1. The van der Waals surface area contributed by atoms with E-state index in [1.54, 1.807) is 32.7 Å². The first-order valence-corrected chi connectivity index (χ1v) is 9.53. The lowest BCUT2D eigenvalue weighted by Crippen LogP contribution is -2.55. The zero-order chi connectivity index (χ0) is 19.9. The van der Waals surface area contributed by atoms with Crippen LogP contribution in [0.15, 0.2) is 0 Å². The molecular weight excluding hydrogens is 334 g/mol. The topological polar surface area (TPSA) is 87.7 Å². The van der Waals surface area contributed by atoms with E-state index in [0.29, 0.717) is 13.1 Å². The van der Waals surface area contributed by atoms with Gasteiger partial charge >= 0.3 is 5.97 Å². The minimum Gasteiger partial charge on any atom is -0.460 e. The molecule has 0 unspecified atom stereocenters. The summed E-state index contributed by atoms with van der Waals surface area (Å²) in [4.78, 5) is 39.5. The van der Waals surface area contributed by atoms with E-state index in [4.69, 9.17) is 4.74 Å². The zero-order valence-corrected chi connectivity index (χ0v) is 17.1. The highest BCUT2D eigenvalue weighted by molar-refractivity contribution is 5.92. The number of nitrogens with zero attached hydrogens (tertiary/aromatic N) is 1. The van der Waals surface area contributed by atoms with Crippen LogP contribution in [0.25, 0.3) is 0 Å². The SMILES string of the molecule is CN[C@H](C(=O)N[C@@H](CC(=O)OC(C)(C)C)C(=O)N1CCCCC1)C(C)C. The van der Waals surface area contributed by atoms with Gasteiger partial charge in [0.25, 0.3) is 0 Å². The van der Waals surface area contributed by atoms with E-state index in [0.717, 1.165) is 19.3 Å². The quantitative estimate of drug-likeness (QED) is 0.664. The Kier molecular flexibility index (Phi) is 8.53. The van der Waals surface area contributed by atoms with Crippen LogP contribution in [0.4, 0.5) is 0 Å². The smallest absolute Gasteiger partial charge is 0.308 e. The number of carbonyl (C=O) groups excluding carboxylic acids is 3. The largest absolute Gasteiger partial charge is 0.460 e. The molecule has 0 radical (unpaired) electrons. The van der Waals surface area contributed by atoms with Crippen molar-refractivity contribution in [3.8, 4) is 0 Å². The van der Waals surface area contributed by atoms with Crippen molar-refractivity contribution in [3.63, 3.8) is 0 Å². The normalized spacial score (nSPS) is 17.6. The number of rotatable bonds is 7. The molecule has 0 bridgehead atoms. The van der Waals surface area contributed by atoms with E-state index in [1.807, 2.05) is 13.8 Å². The summed E-state index contributed by atoms with van der Waals surface area (Å²) in [6.07, 6.45) is 2.84. The Morgan fingerprint density at radius 3 is 2.12 bits per heavy atom. The van der Waals surface area contributed by atoms with Gasteiger partial charge in [-0.1, -0.05) is 13.8 Å². The molecule has 0 aromatic rings. The van der Waals surface area contributed by atoms with E-state index < -0.39 is 23.7 Å². The van der Waals surface area contributed by atoms with Crippen LogP contribution in [0.2, 0.25) is 0 Å². The molecule has 1 aliphatic heterocycles. The first kappa shape index (κ1) is 22.4. The van der Waals surface area contributed by atoms with Gasteiger partial charge in [0.2, 0.25) is 11.8 Å². The Balaban J connectivity index is 2.87. The van der Waals surface area contributed by atoms with E-state index in [1.165, 1.54) is 0 Å². The molecule has 1 fully saturated rings. The van der Waals surface area contributed by atoms with Crippen molar-refractivity contribution >= 4 is 17.8 Å². The third-order valence-corrected chi connectivity index (χ3v) is 4.33. The van der Waals surface area contributed by atoms with Crippen LogP contribution < -0.4 is 10.6 Å². The van der Waals surface area contributed by atoms with Crippen LogP contribution in [0, 0.1) is 5.92 Å². The predicted molar refractivity (Wildman–Crippen MR) is 101 cm³/mol. The molecule has 1 heterocycles. The number of likely N-dealkylation sites (tertiary alicyclic amines) is 1. The van der Waals surface area contributed by atoms with Gasteiger partial charge in [-0.2, -0.15) is 0 Å². The molecule has 2 amide bonds. The van der Waals surface area contributed by atoms with Crippen molar-refractivity contribution < 1.29 is 19.1 Å². The van der Waals surface area contributed by atoms with Gasteiger partial charge in [0, 0.05) is 13.1 Å². The number of hydrogen-bond acceptors (Lipinski definition) is 5. The number of carbonyl (C=O) groups is 3. The summed E-state index contributed by atoms with van der Waals surface area (Å²) < 4.78 is 5.34. The van der Waals surface area contributed by atoms with Gasteiger partial charge in [-0.25, -0.2) is 0 Å². The number of hydrogen-bond donors (Lipinski definition) is 2. The summed E-state index contributed by atoms with van der Waals surface area (Å²) in [6, 6.07) is -1.32. The van der Waals surface area contributed by atoms with Crippen LogP contribution in [-0.4, -0.2) is 60.5 Å². The number of piperidine rings is 1. The van der Waals surface area contributed by atoms with Crippen molar-refractivity contribution in [1.29, 1.82) is 0 Å². The molecule has 0 aromatic heterocycles. The second-order valence-electron chi connectivity index (χ2n) is 8.25. The van der Waals surface area contributed by atoms with Gasteiger partial charge in [-0.05, 0) is 53.0 Å². The fourth-order valence-corrected chi connectivity index (χ4v) is 3.11. The van der Waals surface area contributed by atoms with Crippen molar-refractivity contribution in [1.82, 2.24) is 15.5 Å². The molecule has 26 heavy (non-hydrogen) atoms. The molecule has 1 aliphatic rings. The van der Waals surface area contributed by atoms with Crippen molar-refractivity contribution in [2.75, 3.05) is 20.1 Å². The molecule has 0 saturated carbocycles. The Labute approximate surface area is 157 Å². The number of nitrogens with one attached hydrogen (secondary N) is 2. The Bertz CT molecular complexity index is 494. The lowest BCUT2D eigenvalue weighted by Gasteiger charge is -2.32. The monoisotopic (exact) mass is 369 g/mol. The Morgan fingerprint density at radius 2 is 1.65 bits per heavy atom. The summed E-state index contributed by atoms with van der Waals surface area (Å²) in [7, 11) is 1.71. The Morgan fingerprint density at radius 1 is 1.08 bits per heavy atom. The van der Waals surface area contributed by atoms with E-state index in [2.05, 4.69) is 10.6 Å². The first-order valence-electron chi connectivity index (χ1n) is 9.53. The molecule has 150 valence electrons. The molecule has 0 aliphatic carbocycles. The highest BCUT2D eigenvalue weighted by atomic mass is 16.6. The van der Waals surface area contributed by atoms with Gasteiger partial charge in [0.15, 0.2) is 0 Å². The number of amides is 2. The van der Waals surface area contributed by atoms with Gasteiger partial charge in [0.05, 0.1) is 12.5 Å². The second-order valence-corrected chi connectivity index (χ2v) is 8.25. The van der Waals surface area contributed by atoms with Crippen molar-refractivity contribution in [2.24, 2.45) is 5.92 Å². The molecule has 7 nitrogen and oxygen atoms in total. The highest BCUT2D eigenvalue weighted by Crippen LogP contribution is 2.14. The maximum absolute atomic E-state index is 12.9. The second kappa shape index (κ2) is 9.90. The number of likely N-dealkylation sites (N-methyl/N-ethyl adjacent to an activating group) is 1. The van der Waals surface area contributed by atoms with Gasteiger partial charge in [-0.15, -0.1) is 0 Å². The molecule has 0 aromatic carbocycles. The lowest BCUT2D eigenvalue weighted by atomic mass is 10.0. The van der Waals surface area contributed by atoms with E-state index in [9.17, 15) is 14.4 Å². The molecule has 2 atom stereocenters. The van der Waals surface area contributed by atoms with Crippen LogP contribution in [0.5, 0.6) is 0 Å². The minimum atomic E-state index is -0.898. The first-order chi connectivity index (χ1) is 12.0. The third-order valence-electron chi connectivity index (χ3n) is 4.33. The molecule has 1 saturated heterocycles. The van der Waals surface area contributed by atoms with Crippen LogP contribution in [0.1, 0.15) is 60.3 Å². The molecule has 2 N–H and O–H groups in total. The summed E-state index contributed by atoms with van der Waals surface area (Å²) >= 11 is 0. The molecule has 7 heteroatoms.